The molecule has 0 aliphatic carbocycles. The highest BCUT2D eigenvalue weighted by Crippen LogP contribution is 2.33. The zero-order valence-electron chi connectivity index (χ0n) is 19.8. The molecule has 188 valence electrons. The lowest BCUT2D eigenvalue weighted by molar-refractivity contribution is 0.0730. The maximum atomic E-state index is 13.1. The molecule has 5 rings (SSSR count). The predicted molar refractivity (Wildman–Crippen MR) is 132 cm³/mol. The molecule has 2 aliphatic heterocycles. The SMILES string of the molecule is COc1cc(S(=O)(=O)N2CCOCC2)ccc1Nc1nc(NC2CCOCC2)c2c(C)c[nH]c2n1. The summed E-state index contributed by atoms with van der Waals surface area (Å²) < 4.78 is 43.8. The monoisotopic (exact) mass is 502 g/mol. The molecule has 11 nitrogen and oxygen atoms in total. The molecule has 0 amide bonds. The summed E-state index contributed by atoms with van der Waals surface area (Å²) in [5, 5.41) is 7.70. The minimum Gasteiger partial charge on any atom is -0.495 e. The van der Waals surface area contributed by atoms with Gasteiger partial charge in [-0.05, 0) is 37.5 Å². The first kappa shape index (κ1) is 23.8. The summed E-state index contributed by atoms with van der Waals surface area (Å²) in [5.74, 6) is 1.49. The molecular formula is C23H30N6O5S. The van der Waals surface area contributed by atoms with Crippen LogP contribution < -0.4 is 15.4 Å². The Kier molecular flexibility index (Phi) is 6.78. The van der Waals surface area contributed by atoms with Gasteiger partial charge >= 0.3 is 0 Å². The molecule has 0 saturated carbocycles. The topological polar surface area (TPSA) is 131 Å². The molecule has 1 aromatic carbocycles. The highest BCUT2D eigenvalue weighted by atomic mass is 32.2. The van der Waals surface area contributed by atoms with E-state index in [1.165, 1.54) is 17.5 Å². The van der Waals surface area contributed by atoms with Gasteiger partial charge in [-0.3, -0.25) is 0 Å². The van der Waals surface area contributed by atoms with Gasteiger partial charge in [0.1, 0.15) is 17.2 Å². The molecule has 35 heavy (non-hydrogen) atoms. The zero-order valence-corrected chi connectivity index (χ0v) is 20.7. The number of aromatic amines is 1. The lowest BCUT2D eigenvalue weighted by Gasteiger charge is -2.26. The van der Waals surface area contributed by atoms with Gasteiger partial charge in [0.2, 0.25) is 16.0 Å². The Morgan fingerprint density at radius 2 is 1.86 bits per heavy atom. The van der Waals surface area contributed by atoms with E-state index in [-0.39, 0.29) is 10.9 Å². The number of nitrogens with zero attached hydrogens (tertiary/aromatic N) is 3. The molecule has 0 bridgehead atoms. The normalized spacial score (nSPS) is 18.0. The van der Waals surface area contributed by atoms with Gasteiger partial charge in [0.15, 0.2) is 0 Å². The van der Waals surface area contributed by atoms with Crippen LogP contribution in [0.3, 0.4) is 0 Å². The van der Waals surface area contributed by atoms with E-state index < -0.39 is 10.0 Å². The van der Waals surface area contributed by atoms with E-state index in [0.29, 0.717) is 49.3 Å². The third kappa shape index (κ3) is 4.92. The van der Waals surface area contributed by atoms with E-state index in [2.05, 4.69) is 20.6 Å². The second kappa shape index (κ2) is 9.97. The molecule has 3 N–H and O–H groups in total. The van der Waals surface area contributed by atoms with Crippen LogP contribution in [0.5, 0.6) is 5.75 Å². The van der Waals surface area contributed by atoms with Gasteiger partial charge in [-0.25, -0.2) is 8.42 Å². The number of hydrogen-bond donors (Lipinski definition) is 3. The average Bonchev–Trinajstić information content (AvgIpc) is 3.26. The Morgan fingerprint density at radius 1 is 1.11 bits per heavy atom. The van der Waals surface area contributed by atoms with Crippen LogP contribution in [0.15, 0.2) is 29.3 Å². The van der Waals surface area contributed by atoms with Crippen molar-refractivity contribution in [3.63, 3.8) is 0 Å². The molecular weight excluding hydrogens is 472 g/mol. The van der Waals surface area contributed by atoms with Gasteiger partial charge in [0, 0.05) is 44.6 Å². The number of aromatic nitrogens is 3. The number of ether oxygens (including phenoxy) is 3. The first-order chi connectivity index (χ1) is 17.0. The summed E-state index contributed by atoms with van der Waals surface area (Å²) in [6.07, 6.45) is 3.72. The van der Waals surface area contributed by atoms with Crippen LogP contribution in [-0.4, -0.2) is 80.3 Å². The second-order valence-corrected chi connectivity index (χ2v) is 10.6. The van der Waals surface area contributed by atoms with Gasteiger partial charge < -0.3 is 29.8 Å². The van der Waals surface area contributed by atoms with Crippen LogP contribution in [0.4, 0.5) is 17.5 Å². The van der Waals surface area contributed by atoms with Crippen molar-refractivity contribution >= 4 is 38.5 Å². The number of anilines is 3. The molecule has 2 fully saturated rings. The summed E-state index contributed by atoms with van der Waals surface area (Å²) in [6.45, 7) is 4.89. The number of hydrogen-bond acceptors (Lipinski definition) is 9. The largest absolute Gasteiger partial charge is 0.495 e. The quantitative estimate of drug-likeness (QED) is 0.446. The van der Waals surface area contributed by atoms with E-state index in [0.717, 1.165) is 42.8 Å². The number of aryl methyl sites for hydroxylation is 1. The fourth-order valence-corrected chi connectivity index (χ4v) is 5.80. The minimum atomic E-state index is -3.64. The standard InChI is InChI=1S/C23H30N6O5S/c1-15-14-24-21-20(15)22(25-16-5-9-33-10-6-16)28-23(27-21)26-18-4-3-17(13-19(18)32-2)35(30,31)29-7-11-34-12-8-29/h3-4,13-14,16H,5-12H2,1-2H3,(H3,24,25,26,27,28). The van der Waals surface area contributed by atoms with Crippen molar-refractivity contribution in [1.29, 1.82) is 0 Å². The fourth-order valence-electron chi connectivity index (χ4n) is 4.37. The molecule has 0 unspecified atom stereocenters. The number of methoxy groups -OCH3 is 1. The number of benzene rings is 1. The van der Waals surface area contributed by atoms with Crippen molar-refractivity contribution < 1.29 is 22.6 Å². The van der Waals surface area contributed by atoms with Crippen molar-refractivity contribution in [2.75, 3.05) is 57.3 Å². The molecule has 3 aromatic rings. The minimum absolute atomic E-state index is 0.167. The second-order valence-electron chi connectivity index (χ2n) is 8.63. The predicted octanol–water partition coefficient (Wildman–Crippen LogP) is 2.63. The molecule has 0 atom stereocenters. The van der Waals surface area contributed by atoms with E-state index in [4.69, 9.17) is 19.2 Å². The Hall–Kier alpha value is -2.93. The van der Waals surface area contributed by atoms with Gasteiger partial charge in [0.25, 0.3) is 0 Å². The van der Waals surface area contributed by atoms with Gasteiger partial charge in [-0.1, -0.05) is 0 Å². The van der Waals surface area contributed by atoms with E-state index in [1.54, 1.807) is 12.1 Å². The van der Waals surface area contributed by atoms with Crippen molar-refractivity contribution in [2.45, 2.75) is 30.7 Å². The number of H-pyrrole nitrogens is 1. The van der Waals surface area contributed by atoms with Crippen LogP contribution >= 0.6 is 0 Å². The first-order valence-corrected chi connectivity index (χ1v) is 13.1. The van der Waals surface area contributed by atoms with Crippen molar-refractivity contribution in [1.82, 2.24) is 19.3 Å². The third-order valence-corrected chi connectivity index (χ3v) is 8.21. The first-order valence-electron chi connectivity index (χ1n) is 11.7. The van der Waals surface area contributed by atoms with Crippen molar-refractivity contribution in [3.8, 4) is 5.75 Å². The fraction of sp³-hybridized carbons (Fsp3) is 0.478. The maximum Gasteiger partial charge on any atom is 0.243 e. The number of morpholine rings is 1. The molecule has 0 radical (unpaired) electrons. The molecule has 2 aromatic heterocycles. The molecule has 2 saturated heterocycles. The molecule has 4 heterocycles. The van der Waals surface area contributed by atoms with Gasteiger partial charge in [0.05, 0.1) is 36.3 Å². The maximum absolute atomic E-state index is 13.1. The highest BCUT2D eigenvalue weighted by molar-refractivity contribution is 7.89. The van der Waals surface area contributed by atoms with Gasteiger partial charge in [-0.15, -0.1) is 0 Å². The Morgan fingerprint density at radius 3 is 2.60 bits per heavy atom. The van der Waals surface area contributed by atoms with Crippen LogP contribution in [-0.2, 0) is 19.5 Å². The number of sulfonamides is 1. The van der Waals surface area contributed by atoms with E-state index in [9.17, 15) is 8.42 Å². The summed E-state index contributed by atoms with van der Waals surface area (Å²) in [4.78, 5) is 12.8. The average molecular weight is 503 g/mol. The number of fused-ring (bicyclic) bond motifs is 1. The third-order valence-electron chi connectivity index (χ3n) is 6.32. The molecule has 12 heteroatoms. The lowest BCUT2D eigenvalue weighted by Crippen LogP contribution is -2.40. The molecule has 2 aliphatic rings. The summed E-state index contributed by atoms with van der Waals surface area (Å²) in [6, 6.07) is 5.02. The zero-order chi connectivity index (χ0) is 24.4. The van der Waals surface area contributed by atoms with Crippen LogP contribution in [0, 0.1) is 6.92 Å². The van der Waals surface area contributed by atoms with Crippen LogP contribution in [0.2, 0.25) is 0 Å². The smallest absolute Gasteiger partial charge is 0.243 e. The summed E-state index contributed by atoms with van der Waals surface area (Å²) in [7, 11) is -2.14. The Labute approximate surface area is 204 Å². The number of rotatable bonds is 7. The van der Waals surface area contributed by atoms with Crippen LogP contribution in [0.25, 0.3) is 11.0 Å². The van der Waals surface area contributed by atoms with Gasteiger partial charge in [-0.2, -0.15) is 14.3 Å². The summed E-state index contributed by atoms with van der Waals surface area (Å²) >= 11 is 0. The van der Waals surface area contributed by atoms with E-state index in [1.807, 2.05) is 13.1 Å². The highest BCUT2D eigenvalue weighted by Gasteiger charge is 2.27. The Balaban J connectivity index is 1.44. The molecule has 0 spiro atoms. The summed E-state index contributed by atoms with van der Waals surface area (Å²) in [5.41, 5.74) is 2.32. The number of nitrogens with one attached hydrogen (secondary N) is 3. The Bertz CT molecular complexity index is 1300. The van der Waals surface area contributed by atoms with Crippen molar-refractivity contribution in [3.05, 3.63) is 30.0 Å². The van der Waals surface area contributed by atoms with Crippen molar-refractivity contribution in [2.24, 2.45) is 0 Å². The van der Waals surface area contributed by atoms with E-state index >= 15 is 0 Å². The lowest BCUT2D eigenvalue weighted by atomic mass is 10.1. The van der Waals surface area contributed by atoms with Crippen LogP contribution in [0.1, 0.15) is 18.4 Å².